The Morgan fingerprint density at radius 2 is 2.05 bits per heavy atom. The summed E-state index contributed by atoms with van der Waals surface area (Å²) in [5.41, 5.74) is 0.993. The molecule has 0 amide bonds. The zero-order valence-electron chi connectivity index (χ0n) is 11.8. The molecule has 112 valence electrons. The quantitative estimate of drug-likeness (QED) is 0.765. The van der Waals surface area contributed by atoms with E-state index in [-0.39, 0.29) is 11.5 Å². The fraction of sp³-hybridized carbons (Fsp3) is 0.267. The highest BCUT2D eigenvalue weighted by Crippen LogP contribution is 2.27. The molecule has 21 heavy (non-hydrogen) atoms. The van der Waals surface area contributed by atoms with Crippen LogP contribution in [0.15, 0.2) is 39.9 Å². The predicted molar refractivity (Wildman–Crippen MR) is 82.8 cm³/mol. The summed E-state index contributed by atoms with van der Waals surface area (Å²) >= 11 is 1.18. The van der Waals surface area contributed by atoms with Crippen molar-refractivity contribution in [1.29, 1.82) is 0 Å². The zero-order chi connectivity index (χ0) is 15.5. The third-order valence-electron chi connectivity index (χ3n) is 2.91. The van der Waals surface area contributed by atoms with Crippen LogP contribution >= 0.6 is 11.3 Å². The first-order valence-corrected chi connectivity index (χ1v) is 9.00. The lowest BCUT2D eigenvalue weighted by molar-refractivity contribution is 0.101. The van der Waals surface area contributed by atoms with Crippen LogP contribution in [-0.2, 0) is 15.6 Å². The Labute approximate surface area is 128 Å². The van der Waals surface area contributed by atoms with E-state index in [1.807, 2.05) is 6.92 Å². The van der Waals surface area contributed by atoms with Crippen LogP contribution in [0.4, 0.5) is 0 Å². The lowest BCUT2D eigenvalue weighted by Gasteiger charge is -2.11. The second kappa shape index (κ2) is 6.41. The van der Waals surface area contributed by atoms with Gasteiger partial charge in [-0.25, -0.2) is 8.42 Å². The van der Waals surface area contributed by atoms with Crippen LogP contribution in [0.5, 0.6) is 5.75 Å². The third kappa shape index (κ3) is 3.71. The molecule has 1 aromatic heterocycles. The SMILES string of the molecule is CCOc1ccc(C(C)=O)cc1CS(=O)(=O)c1cccs1. The van der Waals surface area contributed by atoms with Crippen LogP contribution < -0.4 is 4.74 Å². The van der Waals surface area contributed by atoms with E-state index >= 15 is 0 Å². The summed E-state index contributed by atoms with van der Waals surface area (Å²) in [5, 5.41) is 1.72. The molecule has 0 fully saturated rings. The number of ketones is 1. The van der Waals surface area contributed by atoms with Crippen molar-refractivity contribution < 1.29 is 17.9 Å². The highest BCUT2D eigenvalue weighted by Gasteiger charge is 2.19. The van der Waals surface area contributed by atoms with Gasteiger partial charge in [0.05, 0.1) is 12.4 Å². The topological polar surface area (TPSA) is 60.4 Å². The number of carbonyl (C=O) groups excluding carboxylic acids is 1. The summed E-state index contributed by atoms with van der Waals surface area (Å²) in [6.45, 7) is 3.72. The Morgan fingerprint density at radius 3 is 2.62 bits per heavy atom. The molecule has 4 nitrogen and oxygen atoms in total. The number of hydrogen-bond donors (Lipinski definition) is 0. The van der Waals surface area contributed by atoms with Crippen LogP contribution in [0.2, 0.25) is 0 Å². The molecule has 0 aliphatic rings. The largest absolute Gasteiger partial charge is 0.494 e. The van der Waals surface area contributed by atoms with Gasteiger partial charge in [-0.15, -0.1) is 11.3 Å². The average Bonchev–Trinajstić information content (AvgIpc) is 2.95. The molecule has 1 heterocycles. The van der Waals surface area contributed by atoms with Gasteiger partial charge in [0.15, 0.2) is 15.6 Å². The van der Waals surface area contributed by atoms with Crippen molar-refractivity contribution in [1.82, 2.24) is 0 Å². The van der Waals surface area contributed by atoms with Crippen LogP contribution in [0.1, 0.15) is 29.8 Å². The highest BCUT2D eigenvalue weighted by atomic mass is 32.2. The van der Waals surface area contributed by atoms with Gasteiger partial charge in [0, 0.05) is 11.1 Å². The van der Waals surface area contributed by atoms with Crippen LogP contribution in [0.25, 0.3) is 0 Å². The molecule has 0 bridgehead atoms. The number of hydrogen-bond acceptors (Lipinski definition) is 5. The maximum Gasteiger partial charge on any atom is 0.192 e. The second-order valence-corrected chi connectivity index (χ2v) is 7.67. The van der Waals surface area contributed by atoms with Crippen molar-refractivity contribution >= 4 is 27.0 Å². The molecule has 0 aliphatic carbocycles. The lowest BCUT2D eigenvalue weighted by Crippen LogP contribution is -2.07. The van der Waals surface area contributed by atoms with Gasteiger partial charge in [-0.1, -0.05) is 6.07 Å². The second-order valence-electron chi connectivity index (χ2n) is 4.50. The van der Waals surface area contributed by atoms with E-state index in [4.69, 9.17) is 4.74 Å². The summed E-state index contributed by atoms with van der Waals surface area (Å²) in [6, 6.07) is 8.18. The number of carbonyl (C=O) groups is 1. The Bertz CT molecular complexity index is 731. The van der Waals surface area contributed by atoms with Crippen LogP contribution in [0, 0.1) is 0 Å². The van der Waals surface area contributed by atoms with E-state index in [2.05, 4.69) is 0 Å². The number of thiophene rings is 1. The molecule has 6 heteroatoms. The Balaban J connectivity index is 2.41. The summed E-state index contributed by atoms with van der Waals surface area (Å²) < 4.78 is 30.5. The molecular formula is C15H16O4S2. The van der Waals surface area contributed by atoms with Crippen molar-refractivity contribution in [2.45, 2.75) is 23.8 Å². The molecule has 0 aliphatic heterocycles. The lowest BCUT2D eigenvalue weighted by atomic mass is 10.1. The van der Waals surface area contributed by atoms with E-state index in [0.29, 0.717) is 27.7 Å². The molecule has 0 saturated heterocycles. The number of rotatable bonds is 6. The normalized spacial score (nSPS) is 11.3. The predicted octanol–water partition coefficient (Wildman–Crippen LogP) is 3.32. The average molecular weight is 324 g/mol. The standard InChI is InChI=1S/C15H16O4S2/c1-3-19-14-7-6-12(11(2)16)9-13(14)10-21(17,18)15-5-4-8-20-15/h4-9H,3,10H2,1-2H3. The van der Waals surface area contributed by atoms with Crippen LogP contribution in [0.3, 0.4) is 0 Å². The van der Waals surface area contributed by atoms with E-state index < -0.39 is 9.84 Å². The van der Waals surface area contributed by atoms with Crippen LogP contribution in [-0.4, -0.2) is 20.8 Å². The molecule has 0 N–H and O–H groups in total. The smallest absolute Gasteiger partial charge is 0.192 e. The van der Waals surface area contributed by atoms with Gasteiger partial charge in [0.2, 0.25) is 0 Å². The molecule has 0 atom stereocenters. The maximum absolute atomic E-state index is 12.4. The van der Waals surface area contributed by atoms with Crippen molar-refractivity contribution in [3.63, 3.8) is 0 Å². The van der Waals surface area contributed by atoms with Crippen molar-refractivity contribution in [3.8, 4) is 5.75 Å². The first-order chi connectivity index (χ1) is 9.94. The Hall–Kier alpha value is -1.66. The fourth-order valence-electron chi connectivity index (χ4n) is 1.92. The van der Waals surface area contributed by atoms with Gasteiger partial charge in [-0.3, -0.25) is 4.79 Å². The number of ether oxygens (including phenoxy) is 1. The number of benzene rings is 1. The molecule has 0 saturated carbocycles. The zero-order valence-corrected chi connectivity index (χ0v) is 13.5. The summed E-state index contributed by atoms with van der Waals surface area (Å²) in [4.78, 5) is 11.5. The van der Waals surface area contributed by atoms with E-state index in [0.717, 1.165) is 0 Å². The summed E-state index contributed by atoms with van der Waals surface area (Å²) in [7, 11) is -3.43. The van der Waals surface area contributed by atoms with E-state index in [1.54, 1.807) is 35.7 Å². The van der Waals surface area contributed by atoms with Gasteiger partial charge >= 0.3 is 0 Å². The van der Waals surface area contributed by atoms with Gasteiger partial charge in [-0.05, 0) is 43.5 Å². The Morgan fingerprint density at radius 1 is 1.29 bits per heavy atom. The molecule has 2 aromatic rings. The van der Waals surface area contributed by atoms with Gasteiger partial charge < -0.3 is 4.74 Å². The maximum atomic E-state index is 12.4. The minimum Gasteiger partial charge on any atom is -0.494 e. The van der Waals surface area contributed by atoms with E-state index in [9.17, 15) is 13.2 Å². The van der Waals surface area contributed by atoms with E-state index in [1.165, 1.54) is 18.3 Å². The molecule has 1 aromatic carbocycles. The fourth-order valence-corrected chi connectivity index (χ4v) is 4.37. The minimum atomic E-state index is -3.43. The first kappa shape index (κ1) is 15.7. The monoisotopic (exact) mass is 324 g/mol. The molecule has 0 spiro atoms. The summed E-state index contributed by atoms with van der Waals surface area (Å²) in [6.07, 6.45) is 0. The molecule has 0 unspecified atom stereocenters. The van der Waals surface area contributed by atoms with Crippen molar-refractivity contribution in [2.24, 2.45) is 0 Å². The number of Topliss-reactive ketones (excluding diaryl/α,β-unsaturated/α-hetero) is 1. The molecular weight excluding hydrogens is 308 g/mol. The Kier molecular flexibility index (Phi) is 4.80. The van der Waals surface area contributed by atoms with Gasteiger partial charge in [0.25, 0.3) is 0 Å². The molecule has 2 rings (SSSR count). The van der Waals surface area contributed by atoms with Crippen molar-refractivity contribution in [2.75, 3.05) is 6.61 Å². The number of sulfone groups is 1. The first-order valence-electron chi connectivity index (χ1n) is 6.47. The van der Waals surface area contributed by atoms with Crippen molar-refractivity contribution in [3.05, 3.63) is 46.8 Å². The highest BCUT2D eigenvalue weighted by molar-refractivity contribution is 7.92. The minimum absolute atomic E-state index is 0.104. The third-order valence-corrected chi connectivity index (χ3v) is 6.07. The molecule has 0 radical (unpaired) electrons. The summed E-state index contributed by atoms with van der Waals surface area (Å²) in [5.74, 6) is 0.222. The van der Waals surface area contributed by atoms with Gasteiger partial charge in [0.1, 0.15) is 9.96 Å². The van der Waals surface area contributed by atoms with Gasteiger partial charge in [-0.2, -0.15) is 0 Å².